The number of rotatable bonds is 2. The molecule has 0 aliphatic carbocycles. The molecule has 0 fully saturated rings. The van der Waals surface area contributed by atoms with Crippen molar-refractivity contribution in [3.63, 3.8) is 0 Å². The summed E-state index contributed by atoms with van der Waals surface area (Å²) in [7, 11) is 0. The second kappa shape index (κ2) is 3.87. The van der Waals surface area contributed by atoms with E-state index in [0.29, 0.717) is 17.0 Å². The molecule has 0 saturated heterocycles. The number of benzene rings is 1. The Morgan fingerprint density at radius 1 is 1.58 bits per heavy atom. The average Bonchev–Trinajstić information content (AvgIpc) is 2.03. The molecule has 0 spiro atoms. The maximum atomic E-state index is 13.1. The summed E-state index contributed by atoms with van der Waals surface area (Å²) < 4.78 is 13.1. The third kappa shape index (κ3) is 1.76. The zero-order valence-electron chi connectivity index (χ0n) is 6.85. The van der Waals surface area contributed by atoms with E-state index in [2.05, 4.69) is 0 Å². The fraction of sp³-hybridized carbons (Fsp3) is 0.333. The van der Waals surface area contributed by atoms with E-state index >= 15 is 0 Å². The van der Waals surface area contributed by atoms with Crippen molar-refractivity contribution in [2.75, 3.05) is 0 Å². The maximum absolute atomic E-state index is 13.1. The van der Waals surface area contributed by atoms with E-state index in [-0.39, 0.29) is 11.9 Å². The molecule has 0 amide bonds. The van der Waals surface area contributed by atoms with Crippen LogP contribution in [0.4, 0.5) is 4.39 Å². The molecule has 0 radical (unpaired) electrons. The van der Waals surface area contributed by atoms with E-state index in [1.54, 1.807) is 12.1 Å². The zero-order chi connectivity index (χ0) is 9.14. The number of hydrogen-bond donors (Lipinski definition) is 1. The van der Waals surface area contributed by atoms with Crippen molar-refractivity contribution in [2.24, 2.45) is 5.73 Å². The van der Waals surface area contributed by atoms with Crippen LogP contribution in [0.25, 0.3) is 0 Å². The Kier molecular flexibility index (Phi) is 3.06. The van der Waals surface area contributed by atoms with Crippen molar-refractivity contribution in [3.05, 3.63) is 34.6 Å². The highest BCUT2D eigenvalue weighted by atomic mass is 35.5. The molecule has 66 valence electrons. The molecule has 2 N–H and O–H groups in total. The summed E-state index contributed by atoms with van der Waals surface area (Å²) >= 11 is 5.78. The van der Waals surface area contributed by atoms with Gasteiger partial charge in [-0.15, -0.1) is 0 Å². The number of nitrogens with two attached hydrogens (primary N) is 1. The molecule has 3 heteroatoms. The summed E-state index contributed by atoms with van der Waals surface area (Å²) in [5.41, 5.74) is 6.09. The van der Waals surface area contributed by atoms with Gasteiger partial charge in [0, 0.05) is 16.6 Å². The minimum Gasteiger partial charge on any atom is -0.324 e. The van der Waals surface area contributed by atoms with Crippen molar-refractivity contribution < 1.29 is 4.39 Å². The summed E-state index contributed by atoms with van der Waals surface area (Å²) in [6, 6.07) is 4.29. The van der Waals surface area contributed by atoms with Crippen LogP contribution in [-0.2, 0) is 0 Å². The molecule has 0 bridgehead atoms. The van der Waals surface area contributed by atoms with Gasteiger partial charge in [-0.2, -0.15) is 0 Å². The molecule has 1 rings (SSSR count). The van der Waals surface area contributed by atoms with Gasteiger partial charge in [0.25, 0.3) is 0 Å². The van der Waals surface area contributed by atoms with Crippen molar-refractivity contribution in [2.45, 2.75) is 19.4 Å². The van der Waals surface area contributed by atoms with Crippen LogP contribution < -0.4 is 5.73 Å². The molecule has 0 aliphatic heterocycles. The van der Waals surface area contributed by atoms with Gasteiger partial charge in [0.2, 0.25) is 0 Å². The van der Waals surface area contributed by atoms with Gasteiger partial charge >= 0.3 is 0 Å². The van der Waals surface area contributed by atoms with Crippen molar-refractivity contribution >= 4 is 11.6 Å². The summed E-state index contributed by atoms with van der Waals surface area (Å²) in [4.78, 5) is 0. The van der Waals surface area contributed by atoms with Crippen molar-refractivity contribution in [3.8, 4) is 0 Å². The SMILES string of the molecule is CC[C@@H](N)c1c(F)cccc1Cl. The lowest BCUT2D eigenvalue weighted by Crippen LogP contribution is -2.11. The summed E-state index contributed by atoms with van der Waals surface area (Å²) in [5.74, 6) is -0.322. The van der Waals surface area contributed by atoms with Crippen LogP contribution in [0.15, 0.2) is 18.2 Å². The molecule has 12 heavy (non-hydrogen) atoms. The van der Waals surface area contributed by atoms with E-state index in [4.69, 9.17) is 17.3 Å². The molecule has 0 heterocycles. The van der Waals surface area contributed by atoms with Gasteiger partial charge in [-0.25, -0.2) is 4.39 Å². The first kappa shape index (κ1) is 9.49. The maximum Gasteiger partial charge on any atom is 0.129 e. The van der Waals surface area contributed by atoms with Crippen LogP contribution in [-0.4, -0.2) is 0 Å². The minimum absolute atomic E-state index is 0.307. The van der Waals surface area contributed by atoms with Crippen molar-refractivity contribution in [1.82, 2.24) is 0 Å². The first-order valence-electron chi connectivity index (χ1n) is 3.86. The quantitative estimate of drug-likeness (QED) is 0.757. The monoisotopic (exact) mass is 187 g/mol. The molecular weight excluding hydrogens is 177 g/mol. The fourth-order valence-electron chi connectivity index (χ4n) is 1.07. The second-order valence-corrected chi connectivity index (χ2v) is 3.06. The van der Waals surface area contributed by atoms with Crippen LogP contribution >= 0.6 is 11.6 Å². The van der Waals surface area contributed by atoms with Crippen LogP contribution in [0, 0.1) is 5.82 Å². The fourth-order valence-corrected chi connectivity index (χ4v) is 1.37. The van der Waals surface area contributed by atoms with Gasteiger partial charge in [-0.1, -0.05) is 24.6 Å². The van der Waals surface area contributed by atoms with Gasteiger partial charge < -0.3 is 5.73 Å². The Balaban J connectivity index is 3.12. The minimum atomic E-state index is -0.322. The van der Waals surface area contributed by atoms with Gasteiger partial charge in [-0.05, 0) is 18.6 Å². The van der Waals surface area contributed by atoms with Crippen molar-refractivity contribution in [1.29, 1.82) is 0 Å². The Morgan fingerprint density at radius 2 is 2.25 bits per heavy atom. The van der Waals surface area contributed by atoms with Crippen LogP contribution in [0.3, 0.4) is 0 Å². The Hall–Kier alpha value is -0.600. The van der Waals surface area contributed by atoms with Gasteiger partial charge in [-0.3, -0.25) is 0 Å². The highest BCUT2D eigenvalue weighted by Crippen LogP contribution is 2.25. The molecule has 0 unspecified atom stereocenters. The van der Waals surface area contributed by atoms with E-state index < -0.39 is 0 Å². The molecule has 0 saturated carbocycles. The number of halogens is 2. The van der Waals surface area contributed by atoms with Gasteiger partial charge in [0.15, 0.2) is 0 Å². The third-order valence-corrected chi connectivity index (χ3v) is 2.14. The summed E-state index contributed by atoms with van der Waals surface area (Å²) in [5, 5.41) is 0.407. The largest absolute Gasteiger partial charge is 0.324 e. The normalized spacial score (nSPS) is 13.0. The molecule has 1 atom stereocenters. The Bertz CT molecular complexity index is 255. The van der Waals surface area contributed by atoms with Gasteiger partial charge in [0.1, 0.15) is 5.82 Å². The topological polar surface area (TPSA) is 26.0 Å². The van der Waals surface area contributed by atoms with Crippen LogP contribution in [0.5, 0.6) is 0 Å². The summed E-state index contributed by atoms with van der Waals surface area (Å²) in [6.07, 6.45) is 0.681. The first-order valence-corrected chi connectivity index (χ1v) is 4.24. The highest BCUT2D eigenvalue weighted by Gasteiger charge is 2.12. The molecule has 1 aromatic rings. The third-order valence-electron chi connectivity index (χ3n) is 1.81. The van der Waals surface area contributed by atoms with E-state index in [1.165, 1.54) is 6.07 Å². The smallest absolute Gasteiger partial charge is 0.129 e. The summed E-state index contributed by atoms with van der Waals surface area (Å²) in [6.45, 7) is 1.90. The zero-order valence-corrected chi connectivity index (χ0v) is 7.61. The molecule has 0 aliphatic rings. The van der Waals surface area contributed by atoms with E-state index in [9.17, 15) is 4.39 Å². The average molecular weight is 188 g/mol. The standard InChI is InChI=1S/C9H11ClFN/c1-2-8(12)9-6(10)4-3-5-7(9)11/h3-5,8H,2,12H2,1H3/t8-/m1/s1. The molecule has 1 nitrogen and oxygen atoms in total. The lowest BCUT2D eigenvalue weighted by molar-refractivity contribution is 0.575. The number of hydrogen-bond acceptors (Lipinski definition) is 1. The molecular formula is C9H11ClFN. The first-order chi connectivity index (χ1) is 5.66. The van der Waals surface area contributed by atoms with E-state index in [1.807, 2.05) is 6.92 Å². The Labute approximate surface area is 76.3 Å². The lowest BCUT2D eigenvalue weighted by Gasteiger charge is -2.11. The lowest BCUT2D eigenvalue weighted by atomic mass is 10.1. The van der Waals surface area contributed by atoms with Gasteiger partial charge in [0.05, 0.1) is 0 Å². The van der Waals surface area contributed by atoms with Crippen LogP contribution in [0.1, 0.15) is 24.9 Å². The molecule has 0 aromatic heterocycles. The second-order valence-electron chi connectivity index (χ2n) is 2.65. The molecule has 1 aromatic carbocycles. The predicted molar refractivity (Wildman–Crippen MR) is 48.6 cm³/mol. The Morgan fingerprint density at radius 3 is 2.75 bits per heavy atom. The van der Waals surface area contributed by atoms with Crippen LogP contribution in [0.2, 0.25) is 5.02 Å². The predicted octanol–water partition coefficient (Wildman–Crippen LogP) is 2.89. The highest BCUT2D eigenvalue weighted by molar-refractivity contribution is 6.31. The van der Waals surface area contributed by atoms with E-state index in [0.717, 1.165) is 0 Å².